The first-order valence-corrected chi connectivity index (χ1v) is 7.34. The molecular formula is C18H15N3O2. The van der Waals surface area contributed by atoms with Crippen LogP contribution in [0.15, 0.2) is 58.1 Å². The lowest BCUT2D eigenvalue weighted by molar-refractivity contribution is 0.713. The van der Waals surface area contributed by atoms with Crippen molar-refractivity contribution in [2.24, 2.45) is 14.1 Å². The normalized spacial score (nSPS) is 11.4. The van der Waals surface area contributed by atoms with Gasteiger partial charge in [0.2, 0.25) is 0 Å². The molecule has 4 aromatic rings. The molecule has 0 amide bonds. The van der Waals surface area contributed by atoms with Gasteiger partial charge in [-0.2, -0.15) is 0 Å². The number of hydrogen-bond donors (Lipinski definition) is 1. The van der Waals surface area contributed by atoms with E-state index in [2.05, 4.69) is 23.2 Å². The Morgan fingerprint density at radius 3 is 2.39 bits per heavy atom. The minimum atomic E-state index is -0.327. The molecule has 2 aromatic carbocycles. The molecule has 0 saturated carbocycles. The van der Waals surface area contributed by atoms with Gasteiger partial charge in [-0.25, -0.2) is 4.79 Å². The molecule has 2 heterocycles. The summed E-state index contributed by atoms with van der Waals surface area (Å²) in [6, 6.07) is 16.1. The first-order chi connectivity index (χ1) is 11.1. The average Bonchev–Trinajstić information content (AvgIpc) is 3.03. The Kier molecular flexibility index (Phi) is 2.78. The second-order valence-electron chi connectivity index (χ2n) is 5.71. The Morgan fingerprint density at radius 1 is 0.870 bits per heavy atom. The maximum absolute atomic E-state index is 12.3. The highest BCUT2D eigenvalue weighted by atomic mass is 16.2. The van der Waals surface area contributed by atoms with E-state index in [0.717, 1.165) is 26.6 Å². The van der Waals surface area contributed by atoms with Gasteiger partial charge in [-0.05, 0) is 28.5 Å². The monoisotopic (exact) mass is 305 g/mol. The molecule has 0 bridgehead atoms. The van der Waals surface area contributed by atoms with Crippen molar-refractivity contribution in [3.05, 3.63) is 69.4 Å². The zero-order valence-electron chi connectivity index (χ0n) is 12.8. The summed E-state index contributed by atoms with van der Waals surface area (Å²) in [6.45, 7) is 0. The van der Waals surface area contributed by atoms with Crippen molar-refractivity contribution in [2.45, 2.75) is 0 Å². The Morgan fingerprint density at radius 2 is 1.61 bits per heavy atom. The zero-order valence-corrected chi connectivity index (χ0v) is 12.8. The van der Waals surface area contributed by atoms with Crippen molar-refractivity contribution in [3.63, 3.8) is 0 Å². The minimum absolute atomic E-state index is 0.310. The predicted molar refractivity (Wildman–Crippen MR) is 91.7 cm³/mol. The molecule has 114 valence electrons. The number of fused-ring (bicyclic) bond motifs is 2. The fourth-order valence-corrected chi connectivity index (χ4v) is 2.97. The van der Waals surface area contributed by atoms with Crippen molar-refractivity contribution in [1.82, 2.24) is 14.1 Å². The second kappa shape index (κ2) is 4.71. The lowest BCUT2D eigenvalue weighted by Crippen LogP contribution is -2.36. The smallest absolute Gasteiger partial charge is 0.331 e. The van der Waals surface area contributed by atoms with Gasteiger partial charge in [-0.1, -0.05) is 36.4 Å². The molecule has 5 heteroatoms. The van der Waals surface area contributed by atoms with Crippen LogP contribution >= 0.6 is 0 Å². The number of aromatic amines is 1. The maximum Gasteiger partial charge on any atom is 0.331 e. The molecule has 4 rings (SSSR count). The van der Waals surface area contributed by atoms with Crippen LogP contribution in [0.5, 0.6) is 0 Å². The van der Waals surface area contributed by atoms with Gasteiger partial charge in [0.1, 0.15) is 5.52 Å². The van der Waals surface area contributed by atoms with E-state index < -0.39 is 0 Å². The van der Waals surface area contributed by atoms with Crippen molar-refractivity contribution in [2.75, 3.05) is 0 Å². The van der Waals surface area contributed by atoms with E-state index in [0.29, 0.717) is 11.0 Å². The van der Waals surface area contributed by atoms with Crippen LogP contribution in [-0.4, -0.2) is 14.1 Å². The second-order valence-corrected chi connectivity index (χ2v) is 5.71. The van der Waals surface area contributed by atoms with Crippen molar-refractivity contribution < 1.29 is 0 Å². The largest absolute Gasteiger partial charge is 0.349 e. The summed E-state index contributed by atoms with van der Waals surface area (Å²) >= 11 is 0. The molecule has 0 fully saturated rings. The highest BCUT2D eigenvalue weighted by molar-refractivity contribution is 5.89. The van der Waals surface area contributed by atoms with Gasteiger partial charge >= 0.3 is 5.69 Å². The number of aryl methyl sites for hydroxylation is 1. The van der Waals surface area contributed by atoms with E-state index in [1.54, 1.807) is 7.05 Å². The molecule has 0 aliphatic heterocycles. The summed E-state index contributed by atoms with van der Waals surface area (Å²) in [5, 5.41) is 2.29. The molecule has 0 spiro atoms. The van der Waals surface area contributed by atoms with Crippen molar-refractivity contribution in [3.8, 4) is 11.3 Å². The fraction of sp³-hybridized carbons (Fsp3) is 0.111. The number of nitrogens with one attached hydrogen (secondary N) is 1. The first kappa shape index (κ1) is 13.6. The van der Waals surface area contributed by atoms with Crippen LogP contribution in [-0.2, 0) is 14.1 Å². The lowest BCUT2D eigenvalue weighted by atomic mass is 10.1. The van der Waals surface area contributed by atoms with Gasteiger partial charge in [-0.15, -0.1) is 0 Å². The molecule has 1 N–H and O–H groups in total. The Hall–Kier alpha value is -3.08. The minimum Gasteiger partial charge on any atom is -0.349 e. The summed E-state index contributed by atoms with van der Waals surface area (Å²) in [5.41, 5.74) is 2.22. The van der Waals surface area contributed by atoms with Gasteiger partial charge in [-0.3, -0.25) is 13.9 Å². The van der Waals surface area contributed by atoms with Crippen molar-refractivity contribution in [1.29, 1.82) is 0 Å². The van der Waals surface area contributed by atoms with E-state index in [4.69, 9.17) is 0 Å². The molecule has 2 aromatic heterocycles. The molecule has 0 saturated heterocycles. The number of aromatic nitrogens is 3. The SMILES string of the molecule is Cn1c(=O)c2[nH]c(-c3ccc4ccccc4c3)cc2n(C)c1=O. The molecule has 0 unspecified atom stereocenters. The molecule has 0 atom stereocenters. The highest BCUT2D eigenvalue weighted by Gasteiger charge is 2.12. The van der Waals surface area contributed by atoms with Gasteiger partial charge in [0.25, 0.3) is 5.56 Å². The topological polar surface area (TPSA) is 59.8 Å². The average molecular weight is 305 g/mol. The van der Waals surface area contributed by atoms with Gasteiger partial charge in [0, 0.05) is 19.8 Å². The standard InChI is InChI=1S/C18H15N3O2/c1-20-15-10-14(19-16(15)17(22)21(2)18(20)23)13-8-7-11-5-3-4-6-12(11)9-13/h3-10,19H,1-2H3. The molecule has 5 nitrogen and oxygen atoms in total. The molecule has 0 aliphatic rings. The van der Waals surface area contributed by atoms with Gasteiger partial charge < -0.3 is 4.98 Å². The number of nitrogens with zero attached hydrogens (tertiary/aromatic N) is 2. The third kappa shape index (κ3) is 1.93. The Labute approximate surface area is 131 Å². The first-order valence-electron chi connectivity index (χ1n) is 7.34. The molecule has 23 heavy (non-hydrogen) atoms. The summed E-state index contributed by atoms with van der Waals surface area (Å²) in [5.74, 6) is 0. The van der Waals surface area contributed by atoms with Crippen LogP contribution in [0.1, 0.15) is 0 Å². The maximum atomic E-state index is 12.3. The van der Waals surface area contributed by atoms with Crippen LogP contribution in [0.25, 0.3) is 33.1 Å². The third-order valence-corrected chi connectivity index (χ3v) is 4.31. The number of benzene rings is 2. The van der Waals surface area contributed by atoms with E-state index in [1.165, 1.54) is 11.6 Å². The Balaban J connectivity index is 2.02. The summed E-state index contributed by atoms with van der Waals surface area (Å²) < 4.78 is 2.60. The van der Waals surface area contributed by atoms with E-state index in [1.807, 2.05) is 30.3 Å². The predicted octanol–water partition coefficient (Wildman–Crippen LogP) is 2.39. The van der Waals surface area contributed by atoms with Crippen LogP contribution < -0.4 is 11.2 Å². The van der Waals surface area contributed by atoms with E-state index >= 15 is 0 Å². The van der Waals surface area contributed by atoms with Gasteiger partial charge in [0.05, 0.1) is 5.52 Å². The lowest BCUT2D eigenvalue weighted by Gasteiger charge is -2.02. The van der Waals surface area contributed by atoms with Crippen LogP contribution in [0, 0.1) is 0 Å². The van der Waals surface area contributed by atoms with Crippen LogP contribution in [0.4, 0.5) is 0 Å². The summed E-state index contributed by atoms with van der Waals surface area (Å²) in [4.78, 5) is 27.5. The fourth-order valence-electron chi connectivity index (χ4n) is 2.97. The third-order valence-electron chi connectivity index (χ3n) is 4.31. The number of hydrogen-bond acceptors (Lipinski definition) is 2. The molecule has 0 radical (unpaired) electrons. The van der Waals surface area contributed by atoms with Crippen LogP contribution in [0.3, 0.4) is 0 Å². The van der Waals surface area contributed by atoms with E-state index in [9.17, 15) is 9.59 Å². The number of rotatable bonds is 1. The quantitative estimate of drug-likeness (QED) is 0.587. The Bertz CT molecular complexity index is 1180. The van der Waals surface area contributed by atoms with E-state index in [-0.39, 0.29) is 11.2 Å². The van der Waals surface area contributed by atoms with Crippen LogP contribution in [0.2, 0.25) is 0 Å². The summed E-state index contributed by atoms with van der Waals surface area (Å²) in [7, 11) is 3.16. The summed E-state index contributed by atoms with van der Waals surface area (Å²) in [6.07, 6.45) is 0. The molecule has 0 aliphatic carbocycles. The van der Waals surface area contributed by atoms with Gasteiger partial charge in [0.15, 0.2) is 0 Å². The molecular weight excluding hydrogens is 290 g/mol. The van der Waals surface area contributed by atoms with Crippen molar-refractivity contribution >= 4 is 21.8 Å². The highest BCUT2D eigenvalue weighted by Crippen LogP contribution is 2.25. The zero-order chi connectivity index (χ0) is 16.1. The number of H-pyrrole nitrogens is 1.